The van der Waals surface area contributed by atoms with E-state index in [0.717, 1.165) is 24.8 Å². The van der Waals surface area contributed by atoms with Crippen LogP contribution in [0.1, 0.15) is 78.7 Å². The first-order chi connectivity index (χ1) is 17.2. The Hall–Kier alpha value is -1.77. The van der Waals surface area contributed by atoms with Gasteiger partial charge in [-0.15, -0.1) is 0 Å². The van der Waals surface area contributed by atoms with Gasteiger partial charge in [-0.05, 0) is 73.8 Å². The predicted molar refractivity (Wildman–Crippen MR) is 139 cm³/mol. The van der Waals surface area contributed by atoms with Crippen LogP contribution in [0.15, 0.2) is 29.2 Å². The zero-order chi connectivity index (χ0) is 27.4. The SMILES string of the molecule is CC[C@]1(C)C[C@@H](OC(=O)COS(=O)(=O)c2ccc(C)cc2)[C@]2(C)[C@H](C)CC[C@]3(CCC(=O)[C@H]32)[C@@H](C)[C@@H]1O. The van der Waals surface area contributed by atoms with Gasteiger partial charge in [0.15, 0.2) is 6.61 Å². The molecule has 4 rings (SSSR count). The third-order valence-corrected chi connectivity index (χ3v) is 11.9. The summed E-state index contributed by atoms with van der Waals surface area (Å²) in [7, 11) is -4.13. The molecule has 1 aromatic carbocycles. The third kappa shape index (κ3) is 4.57. The predicted octanol–water partition coefficient (Wildman–Crippen LogP) is 4.83. The Morgan fingerprint density at radius 2 is 1.78 bits per heavy atom. The molecule has 206 valence electrons. The minimum absolute atomic E-state index is 0.0262. The lowest BCUT2D eigenvalue weighted by atomic mass is 9.43. The van der Waals surface area contributed by atoms with E-state index >= 15 is 0 Å². The highest BCUT2D eigenvalue weighted by molar-refractivity contribution is 7.86. The van der Waals surface area contributed by atoms with Crippen molar-refractivity contribution in [2.75, 3.05) is 6.61 Å². The number of benzene rings is 1. The van der Waals surface area contributed by atoms with E-state index in [-0.39, 0.29) is 33.8 Å². The van der Waals surface area contributed by atoms with E-state index in [9.17, 15) is 23.1 Å². The van der Waals surface area contributed by atoms with Crippen molar-refractivity contribution in [1.82, 2.24) is 0 Å². The molecule has 1 aromatic rings. The molecule has 8 atom stereocenters. The fourth-order valence-electron chi connectivity index (χ4n) is 7.80. The highest BCUT2D eigenvalue weighted by Gasteiger charge is 2.68. The largest absolute Gasteiger partial charge is 0.460 e. The lowest BCUT2D eigenvalue weighted by molar-refractivity contribution is -0.212. The summed E-state index contributed by atoms with van der Waals surface area (Å²) in [5, 5.41) is 11.6. The van der Waals surface area contributed by atoms with Gasteiger partial charge in [-0.3, -0.25) is 8.98 Å². The number of aliphatic hydroxyl groups is 1. The second-order valence-corrected chi connectivity index (χ2v) is 14.0. The second kappa shape index (κ2) is 9.76. The van der Waals surface area contributed by atoms with Crippen LogP contribution in [0.25, 0.3) is 0 Å². The van der Waals surface area contributed by atoms with Gasteiger partial charge in [0.1, 0.15) is 11.9 Å². The van der Waals surface area contributed by atoms with Gasteiger partial charge < -0.3 is 9.84 Å². The summed E-state index contributed by atoms with van der Waals surface area (Å²) < 4.78 is 36.4. The van der Waals surface area contributed by atoms with E-state index < -0.39 is 45.7 Å². The van der Waals surface area contributed by atoms with Crippen molar-refractivity contribution in [3.63, 3.8) is 0 Å². The van der Waals surface area contributed by atoms with Crippen molar-refractivity contribution in [2.24, 2.45) is 34.0 Å². The molecule has 0 saturated heterocycles. The summed E-state index contributed by atoms with van der Waals surface area (Å²) in [6.07, 6.45) is 2.75. The summed E-state index contributed by atoms with van der Waals surface area (Å²) in [6.45, 7) is 11.5. The summed E-state index contributed by atoms with van der Waals surface area (Å²) in [5.41, 5.74) is -0.570. The zero-order valence-electron chi connectivity index (χ0n) is 23.0. The van der Waals surface area contributed by atoms with Gasteiger partial charge >= 0.3 is 5.97 Å². The van der Waals surface area contributed by atoms with Crippen molar-refractivity contribution < 1.29 is 32.0 Å². The number of esters is 1. The Morgan fingerprint density at radius 1 is 1.14 bits per heavy atom. The maximum absolute atomic E-state index is 13.5. The maximum Gasteiger partial charge on any atom is 0.333 e. The van der Waals surface area contributed by atoms with Crippen LogP contribution in [0.3, 0.4) is 0 Å². The number of carbonyl (C=O) groups excluding carboxylic acids is 2. The van der Waals surface area contributed by atoms with Crippen LogP contribution in [-0.4, -0.2) is 44.1 Å². The lowest BCUT2D eigenvalue weighted by Crippen LogP contribution is -2.63. The fraction of sp³-hybridized carbons (Fsp3) is 0.724. The van der Waals surface area contributed by atoms with Gasteiger partial charge in [0.25, 0.3) is 10.1 Å². The molecule has 3 fully saturated rings. The van der Waals surface area contributed by atoms with Crippen molar-refractivity contribution in [3.8, 4) is 0 Å². The molecular formula is C29H42O7S. The Morgan fingerprint density at radius 3 is 2.41 bits per heavy atom. The average molecular weight is 535 g/mol. The molecule has 3 aliphatic carbocycles. The Labute approximate surface area is 221 Å². The molecule has 3 aliphatic rings. The molecule has 2 bridgehead atoms. The highest BCUT2D eigenvalue weighted by Crippen LogP contribution is 2.68. The topological polar surface area (TPSA) is 107 Å². The monoisotopic (exact) mass is 534 g/mol. The van der Waals surface area contributed by atoms with E-state index in [1.54, 1.807) is 12.1 Å². The van der Waals surface area contributed by atoms with Crippen LogP contribution in [0.2, 0.25) is 0 Å². The average Bonchev–Trinajstić information content (AvgIpc) is 3.21. The van der Waals surface area contributed by atoms with Crippen LogP contribution >= 0.6 is 0 Å². The molecule has 0 spiro atoms. The highest BCUT2D eigenvalue weighted by atomic mass is 32.2. The van der Waals surface area contributed by atoms with E-state index in [1.807, 2.05) is 20.8 Å². The number of Topliss-reactive ketones (excluding diaryl/α,β-unsaturated/α-hetero) is 1. The van der Waals surface area contributed by atoms with E-state index in [2.05, 4.69) is 20.8 Å². The number of aliphatic hydroxyl groups excluding tert-OH is 1. The summed E-state index contributed by atoms with van der Waals surface area (Å²) in [5.74, 6) is -0.846. The number of ether oxygens (including phenoxy) is 1. The van der Waals surface area contributed by atoms with Gasteiger partial charge in [0, 0.05) is 17.8 Å². The number of ketones is 1. The molecule has 0 aromatic heterocycles. The number of rotatable bonds is 6. The van der Waals surface area contributed by atoms with Crippen LogP contribution in [-0.2, 0) is 28.6 Å². The normalized spacial score (nSPS) is 40.0. The summed E-state index contributed by atoms with van der Waals surface area (Å²) in [6, 6.07) is 6.21. The van der Waals surface area contributed by atoms with Gasteiger partial charge in [-0.2, -0.15) is 8.42 Å². The van der Waals surface area contributed by atoms with Crippen LogP contribution in [0.4, 0.5) is 0 Å². The van der Waals surface area contributed by atoms with Crippen molar-refractivity contribution in [1.29, 1.82) is 0 Å². The molecule has 0 heterocycles. The first-order valence-corrected chi connectivity index (χ1v) is 15.0. The minimum Gasteiger partial charge on any atom is -0.460 e. The third-order valence-electron chi connectivity index (χ3n) is 10.6. The molecule has 37 heavy (non-hydrogen) atoms. The first kappa shape index (κ1) is 28.2. The number of hydrogen-bond acceptors (Lipinski definition) is 7. The number of hydrogen-bond donors (Lipinski definition) is 1. The molecule has 3 saturated carbocycles. The number of aryl methyl sites for hydroxylation is 1. The summed E-state index contributed by atoms with van der Waals surface area (Å²) in [4.78, 5) is 26.5. The zero-order valence-corrected chi connectivity index (χ0v) is 23.8. The Bertz CT molecular complexity index is 1150. The molecule has 0 amide bonds. The van der Waals surface area contributed by atoms with Crippen LogP contribution in [0.5, 0.6) is 0 Å². The van der Waals surface area contributed by atoms with E-state index in [4.69, 9.17) is 8.92 Å². The van der Waals surface area contributed by atoms with Crippen LogP contribution < -0.4 is 0 Å². The van der Waals surface area contributed by atoms with Crippen LogP contribution in [0, 0.1) is 40.9 Å². The van der Waals surface area contributed by atoms with Gasteiger partial charge in [0.2, 0.25) is 0 Å². The molecule has 0 unspecified atom stereocenters. The van der Waals surface area contributed by atoms with Gasteiger partial charge in [-0.1, -0.05) is 52.3 Å². The first-order valence-electron chi connectivity index (χ1n) is 13.6. The Kier molecular flexibility index (Phi) is 7.45. The number of carbonyl (C=O) groups is 2. The molecule has 7 nitrogen and oxygen atoms in total. The molecule has 1 N–H and O–H groups in total. The smallest absolute Gasteiger partial charge is 0.333 e. The standard InChI is InChI=1S/C29H42O7S/c1-7-27(5)16-23(36-24(31)17-35-37(33,34)21-10-8-18(2)9-11-21)28(6)19(3)12-14-29(20(4)26(27)32)15-13-22(30)25(28)29/h8-11,19-20,23,25-26,32H,7,12-17H2,1-6H3/t19-,20+,23-,25+,26+,27-,28+,29+/m1/s1. The minimum atomic E-state index is -4.13. The molecule has 0 aliphatic heterocycles. The summed E-state index contributed by atoms with van der Waals surface area (Å²) >= 11 is 0. The lowest BCUT2D eigenvalue weighted by Gasteiger charge is -2.62. The van der Waals surface area contributed by atoms with Crippen molar-refractivity contribution in [3.05, 3.63) is 29.8 Å². The fourth-order valence-corrected chi connectivity index (χ4v) is 8.66. The maximum atomic E-state index is 13.5. The van der Waals surface area contributed by atoms with Crippen molar-refractivity contribution in [2.45, 2.75) is 97.2 Å². The quantitative estimate of drug-likeness (QED) is 0.411. The second-order valence-electron chi connectivity index (χ2n) is 12.4. The molecule has 0 radical (unpaired) electrons. The van der Waals surface area contributed by atoms with Gasteiger partial charge in [-0.25, -0.2) is 4.79 Å². The van der Waals surface area contributed by atoms with E-state index in [1.165, 1.54) is 12.1 Å². The Balaban J connectivity index is 1.65. The van der Waals surface area contributed by atoms with E-state index in [0.29, 0.717) is 19.3 Å². The molecule has 8 heteroatoms. The van der Waals surface area contributed by atoms with Gasteiger partial charge in [0.05, 0.1) is 11.0 Å². The molecular weight excluding hydrogens is 492 g/mol. The van der Waals surface area contributed by atoms with Crippen molar-refractivity contribution >= 4 is 21.9 Å².